The molecule has 0 saturated heterocycles. The average Bonchev–Trinajstić information content (AvgIpc) is 1.84. The van der Waals surface area contributed by atoms with E-state index in [2.05, 4.69) is 0 Å². The first-order valence-electron chi connectivity index (χ1n) is 3.48. The molecule has 0 amide bonds. The molecule has 1 atom stereocenters. The lowest BCUT2D eigenvalue weighted by Gasteiger charge is -2.34. The lowest BCUT2D eigenvalue weighted by molar-refractivity contribution is -0.138. The summed E-state index contributed by atoms with van der Waals surface area (Å²) < 4.78 is 25.8. The standard InChI is InChI=1S/C7H9ClF2O/c1-6(8)5(11)3-2-4-7(6,9)10/h2-4H2,1H3. The largest absolute Gasteiger partial charge is 0.297 e. The molecular formula is C7H9ClF2O. The molecule has 0 N–H and O–H groups in total. The summed E-state index contributed by atoms with van der Waals surface area (Å²) in [4.78, 5) is 8.95. The van der Waals surface area contributed by atoms with Gasteiger partial charge in [0.1, 0.15) is 0 Å². The number of hydrogen-bond acceptors (Lipinski definition) is 1. The zero-order chi connectivity index (χ0) is 8.70. The van der Waals surface area contributed by atoms with Crippen molar-refractivity contribution >= 4 is 17.4 Å². The number of halogens is 3. The van der Waals surface area contributed by atoms with Crippen LogP contribution < -0.4 is 0 Å². The first kappa shape index (κ1) is 8.91. The Labute approximate surface area is 68.7 Å². The molecule has 0 spiro atoms. The van der Waals surface area contributed by atoms with Gasteiger partial charge in [0.05, 0.1) is 0 Å². The predicted octanol–water partition coefficient (Wildman–Crippen LogP) is 2.37. The Balaban J connectivity index is 2.91. The maximum absolute atomic E-state index is 12.9. The fourth-order valence-corrected chi connectivity index (χ4v) is 1.33. The van der Waals surface area contributed by atoms with E-state index in [4.69, 9.17) is 11.6 Å². The van der Waals surface area contributed by atoms with Gasteiger partial charge in [-0.25, -0.2) is 8.78 Å². The van der Waals surface area contributed by atoms with Crippen LogP contribution in [0, 0.1) is 0 Å². The zero-order valence-corrected chi connectivity index (χ0v) is 6.92. The summed E-state index contributed by atoms with van der Waals surface area (Å²) in [5.74, 6) is -3.58. The van der Waals surface area contributed by atoms with Crippen molar-refractivity contribution < 1.29 is 13.6 Å². The summed E-state index contributed by atoms with van der Waals surface area (Å²) >= 11 is 5.41. The SMILES string of the molecule is CC1(Cl)C(=O)CCCC1(F)F. The fraction of sp³-hybridized carbons (Fsp3) is 0.857. The summed E-state index contributed by atoms with van der Waals surface area (Å²) in [6.45, 7) is 1.09. The zero-order valence-electron chi connectivity index (χ0n) is 6.16. The van der Waals surface area contributed by atoms with Crippen LogP contribution in [-0.2, 0) is 4.79 Å². The lowest BCUT2D eigenvalue weighted by Crippen LogP contribution is -2.50. The van der Waals surface area contributed by atoms with Gasteiger partial charge in [0, 0.05) is 12.8 Å². The molecule has 0 aromatic carbocycles. The predicted molar refractivity (Wildman–Crippen MR) is 38.1 cm³/mol. The lowest BCUT2D eigenvalue weighted by atomic mass is 9.85. The van der Waals surface area contributed by atoms with E-state index in [1.54, 1.807) is 0 Å². The van der Waals surface area contributed by atoms with Crippen LogP contribution in [0.1, 0.15) is 26.2 Å². The van der Waals surface area contributed by atoms with Crippen molar-refractivity contribution in [2.24, 2.45) is 0 Å². The van der Waals surface area contributed by atoms with Crippen molar-refractivity contribution in [1.82, 2.24) is 0 Å². The topological polar surface area (TPSA) is 17.1 Å². The van der Waals surface area contributed by atoms with Crippen LogP contribution in [-0.4, -0.2) is 16.6 Å². The third-order valence-corrected chi connectivity index (χ3v) is 2.59. The summed E-state index contributed by atoms with van der Waals surface area (Å²) in [5, 5.41) is 0. The molecule has 1 nitrogen and oxygen atoms in total. The molecule has 0 radical (unpaired) electrons. The van der Waals surface area contributed by atoms with Crippen LogP contribution in [0.2, 0.25) is 0 Å². The molecule has 1 rings (SSSR count). The summed E-state index contributed by atoms with van der Waals surface area (Å²) in [5.41, 5.74) is 0. The second-order valence-electron chi connectivity index (χ2n) is 2.98. The van der Waals surface area contributed by atoms with Crippen LogP contribution >= 0.6 is 11.6 Å². The summed E-state index contributed by atoms with van der Waals surface area (Å²) in [6.07, 6.45) is 0.141. The van der Waals surface area contributed by atoms with Gasteiger partial charge >= 0.3 is 0 Å². The first-order chi connectivity index (χ1) is 4.88. The molecule has 0 aromatic heterocycles. The number of hydrogen-bond donors (Lipinski definition) is 0. The smallest absolute Gasteiger partial charge is 0.273 e. The van der Waals surface area contributed by atoms with Gasteiger partial charge in [-0.2, -0.15) is 0 Å². The molecule has 0 heterocycles. The van der Waals surface area contributed by atoms with Gasteiger partial charge in [-0.05, 0) is 13.3 Å². The third kappa shape index (κ3) is 1.26. The molecule has 0 aliphatic heterocycles. The van der Waals surface area contributed by atoms with E-state index in [0.29, 0.717) is 0 Å². The number of carbonyl (C=O) groups excluding carboxylic acids is 1. The van der Waals surface area contributed by atoms with Gasteiger partial charge in [-0.3, -0.25) is 4.79 Å². The maximum atomic E-state index is 12.9. The Morgan fingerprint density at radius 3 is 2.45 bits per heavy atom. The molecule has 64 valence electrons. The van der Waals surface area contributed by atoms with Gasteiger partial charge in [-0.1, -0.05) is 0 Å². The molecule has 4 heteroatoms. The van der Waals surface area contributed by atoms with Gasteiger partial charge in [0.15, 0.2) is 10.7 Å². The quantitative estimate of drug-likeness (QED) is 0.526. The number of Topliss-reactive ketones (excluding diaryl/α,β-unsaturated/α-hetero) is 1. The normalized spacial score (nSPS) is 37.3. The summed E-state index contributed by atoms with van der Waals surface area (Å²) in [7, 11) is 0. The Morgan fingerprint density at radius 2 is 2.09 bits per heavy atom. The van der Waals surface area contributed by atoms with E-state index < -0.39 is 16.6 Å². The molecule has 1 saturated carbocycles. The van der Waals surface area contributed by atoms with Crippen molar-refractivity contribution in [2.45, 2.75) is 37.0 Å². The maximum Gasteiger partial charge on any atom is 0.273 e. The number of carbonyl (C=O) groups is 1. The highest BCUT2D eigenvalue weighted by Crippen LogP contribution is 2.43. The van der Waals surface area contributed by atoms with Crippen molar-refractivity contribution in [1.29, 1.82) is 0 Å². The second-order valence-corrected chi connectivity index (χ2v) is 3.74. The van der Waals surface area contributed by atoms with E-state index in [1.165, 1.54) is 0 Å². The Morgan fingerprint density at radius 1 is 1.55 bits per heavy atom. The highest BCUT2D eigenvalue weighted by molar-refractivity contribution is 6.36. The first-order valence-corrected chi connectivity index (χ1v) is 3.86. The minimum Gasteiger partial charge on any atom is -0.297 e. The third-order valence-electron chi connectivity index (χ3n) is 2.11. The Kier molecular flexibility index (Phi) is 1.95. The molecule has 11 heavy (non-hydrogen) atoms. The minimum atomic E-state index is -3.04. The second kappa shape index (κ2) is 2.41. The van der Waals surface area contributed by atoms with Crippen LogP contribution in [0.5, 0.6) is 0 Å². The molecular weight excluding hydrogens is 174 g/mol. The van der Waals surface area contributed by atoms with Crippen LogP contribution in [0.3, 0.4) is 0 Å². The Hall–Kier alpha value is -0.180. The summed E-state index contributed by atoms with van der Waals surface area (Å²) in [6, 6.07) is 0. The van der Waals surface area contributed by atoms with E-state index in [-0.39, 0.29) is 19.3 Å². The van der Waals surface area contributed by atoms with E-state index in [1.807, 2.05) is 0 Å². The van der Waals surface area contributed by atoms with E-state index >= 15 is 0 Å². The Bertz CT molecular complexity index is 189. The van der Waals surface area contributed by atoms with Crippen molar-refractivity contribution in [3.8, 4) is 0 Å². The van der Waals surface area contributed by atoms with Crippen molar-refractivity contribution in [3.05, 3.63) is 0 Å². The average molecular weight is 183 g/mol. The van der Waals surface area contributed by atoms with Gasteiger partial charge in [0.25, 0.3) is 5.92 Å². The van der Waals surface area contributed by atoms with Crippen LogP contribution in [0.25, 0.3) is 0 Å². The van der Waals surface area contributed by atoms with Crippen molar-refractivity contribution in [2.75, 3.05) is 0 Å². The van der Waals surface area contributed by atoms with Gasteiger partial charge < -0.3 is 0 Å². The van der Waals surface area contributed by atoms with Crippen LogP contribution in [0.4, 0.5) is 8.78 Å². The monoisotopic (exact) mass is 182 g/mol. The molecule has 0 bridgehead atoms. The molecule has 1 aliphatic carbocycles. The highest BCUT2D eigenvalue weighted by atomic mass is 35.5. The molecule has 1 unspecified atom stereocenters. The van der Waals surface area contributed by atoms with E-state index in [0.717, 1.165) is 6.92 Å². The van der Waals surface area contributed by atoms with Crippen molar-refractivity contribution in [3.63, 3.8) is 0 Å². The van der Waals surface area contributed by atoms with Crippen LogP contribution in [0.15, 0.2) is 0 Å². The minimum absolute atomic E-state index is 0.176. The molecule has 0 aromatic rings. The number of rotatable bonds is 0. The highest BCUT2D eigenvalue weighted by Gasteiger charge is 2.55. The molecule has 1 aliphatic rings. The van der Waals surface area contributed by atoms with Gasteiger partial charge in [-0.15, -0.1) is 11.6 Å². The fourth-order valence-electron chi connectivity index (χ4n) is 1.14. The van der Waals surface area contributed by atoms with E-state index in [9.17, 15) is 13.6 Å². The molecule has 1 fully saturated rings. The number of alkyl halides is 3. The van der Waals surface area contributed by atoms with Gasteiger partial charge in [0.2, 0.25) is 0 Å². The number of ketones is 1.